The summed E-state index contributed by atoms with van der Waals surface area (Å²) in [6.07, 6.45) is 0.457. The van der Waals surface area contributed by atoms with Crippen LogP contribution in [0.25, 0.3) is 0 Å². The van der Waals surface area contributed by atoms with E-state index >= 15 is 0 Å². The van der Waals surface area contributed by atoms with E-state index in [1.54, 1.807) is 0 Å². The summed E-state index contributed by atoms with van der Waals surface area (Å²) in [5.41, 5.74) is 6.79. The standard InChI is InChI=1S/C14H21N3O2/c1-10(2)17-13(18)9-16-14(19)12(15)8-11-6-4-3-5-7-11/h3-7,10,12H,8-9,15H2,1-2H3,(H,16,19)(H,17,18)/t12-/m1/s1. The Balaban J connectivity index is 2.35. The lowest BCUT2D eigenvalue weighted by Crippen LogP contribution is -2.46. The first kappa shape index (κ1) is 15.2. The molecule has 0 radical (unpaired) electrons. The molecule has 0 saturated heterocycles. The normalized spacial score (nSPS) is 12.0. The first-order valence-electron chi connectivity index (χ1n) is 6.35. The van der Waals surface area contributed by atoms with Crippen LogP contribution in [0.15, 0.2) is 30.3 Å². The van der Waals surface area contributed by atoms with E-state index in [1.165, 1.54) is 0 Å². The number of rotatable bonds is 6. The molecular formula is C14H21N3O2. The molecule has 1 rings (SSSR count). The Morgan fingerprint density at radius 2 is 1.84 bits per heavy atom. The van der Waals surface area contributed by atoms with E-state index in [0.717, 1.165) is 5.56 Å². The number of hydrogen-bond donors (Lipinski definition) is 3. The fourth-order valence-electron chi connectivity index (χ4n) is 1.63. The summed E-state index contributed by atoms with van der Waals surface area (Å²) in [5.74, 6) is -0.530. The fourth-order valence-corrected chi connectivity index (χ4v) is 1.63. The zero-order valence-corrected chi connectivity index (χ0v) is 11.3. The number of benzene rings is 1. The van der Waals surface area contributed by atoms with Crippen molar-refractivity contribution in [2.24, 2.45) is 5.73 Å². The van der Waals surface area contributed by atoms with E-state index in [4.69, 9.17) is 5.73 Å². The predicted octanol–water partition coefficient (Wildman–Crippen LogP) is 0.197. The molecule has 1 aromatic rings. The maximum Gasteiger partial charge on any atom is 0.239 e. The number of nitrogens with two attached hydrogens (primary N) is 1. The molecule has 0 saturated carbocycles. The third-order valence-electron chi connectivity index (χ3n) is 2.51. The highest BCUT2D eigenvalue weighted by Crippen LogP contribution is 2.01. The van der Waals surface area contributed by atoms with Gasteiger partial charge in [-0.1, -0.05) is 30.3 Å². The zero-order chi connectivity index (χ0) is 14.3. The lowest BCUT2D eigenvalue weighted by molar-refractivity contribution is -0.127. The Hall–Kier alpha value is -1.88. The van der Waals surface area contributed by atoms with Crippen molar-refractivity contribution < 1.29 is 9.59 Å². The van der Waals surface area contributed by atoms with Gasteiger partial charge in [0.15, 0.2) is 0 Å². The van der Waals surface area contributed by atoms with E-state index in [9.17, 15) is 9.59 Å². The van der Waals surface area contributed by atoms with Gasteiger partial charge < -0.3 is 16.4 Å². The second-order valence-electron chi connectivity index (χ2n) is 4.74. The second-order valence-corrected chi connectivity index (χ2v) is 4.74. The van der Waals surface area contributed by atoms with Crippen LogP contribution in [0.1, 0.15) is 19.4 Å². The van der Waals surface area contributed by atoms with Crippen LogP contribution in [-0.2, 0) is 16.0 Å². The molecule has 1 atom stereocenters. The van der Waals surface area contributed by atoms with Crippen LogP contribution in [0, 0.1) is 0 Å². The zero-order valence-electron chi connectivity index (χ0n) is 11.3. The molecule has 4 N–H and O–H groups in total. The van der Waals surface area contributed by atoms with Gasteiger partial charge in [-0.3, -0.25) is 9.59 Å². The van der Waals surface area contributed by atoms with Crippen LogP contribution in [0.5, 0.6) is 0 Å². The van der Waals surface area contributed by atoms with E-state index in [0.29, 0.717) is 6.42 Å². The molecule has 0 aromatic heterocycles. The minimum atomic E-state index is -0.644. The van der Waals surface area contributed by atoms with Gasteiger partial charge in [0.2, 0.25) is 11.8 Å². The maximum atomic E-state index is 11.7. The lowest BCUT2D eigenvalue weighted by atomic mass is 10.1. The average molecular weight is 263 g/mol. The van der Waals surface area contributed by atoms with E-state index < -0.39 is 6.04 Å². The van der Waals surface area contributed by atoms with Crippen molar-refractivity contribution in [3.8, 4) is 0 Å². The number of hydrogen-bond acceptors (Lipinski definition) is 3. The van der Waals surface area contributed by atoms with Crippen molar-refractivity contribution in [2.75, 3.05) is 6.54 Å². The molecular weight excluding hydrogens is 242 g/mol. The van der Waals surface area contributed by atoms with Crippen LogP contribution in [0.3, 0.4) is 0 Å². The average Bonchev–Trinajstić information content (AvgIpc) is 2.36. The molecule has 19 heavy (non-hydrogen) atoms. The maximum absolute atomic E-state index is 11.7. The molecule has 0 spiro atoms. The van der Waals surface area contributed by atoms with Crippen LogP contribution in [0.2, 0.25) is 0 Å². The largest absolute Gasteiger partial charge is 0.352 e. The number of carbonyl (C=O) groups excluding carboxylic acids is 2. The summed E-state index contributed by atoms with van der Waals surface area (Å²) in [6.45, 7) is 3.68. The van der Waals surface area contributed by atoms with Crippen LogP contribution < -0.4 is 16.4 Å². The Morgan fingerprint density at radius 3 is 2.42 bits per heavy atom. The monoisotopic (exact) mass is 263 g/mol. The SMILES string of the molecule is CC(C)NC(=O)CNC(=O)[C@H](N)Cc1ccccc1. The first-order chi connectivity index (χ1) is 8.99. The number of nitrogens with one attached hydrogen (secondary N) is 2. The van der Waals surface area contributed by atoms with Crippen molar-refractivity contribution in [3.63, 3.8) is 0 Å². The third kappa shape index (κ3) is 6.01. The topological polar surface area (TPSA) is 84.2 Å². The van der Waals surface area contributed by atoms with Gasteiger partial charge in [-0.25, -0.2) is 0 Å². The molecule has 5 heteroatoms. The van der Waals surface area contributed by atoms with Crippen molar-refractivity contribution >= 4 is 11.8 Å². The molecule has 0 aliphatic rings. The summed E-state index contributed by atoms with van der Waals surface area (Å²) in [7, 11) is 0. The van der Waals surface area contributed by atoms with Gasteiger partial charge in [-0.15, -0.1) is 0 Å². The van der Waals surface area contributed by atoms with E-state index in [1.807, 2.05) is 44.2 Å². The molecule has 0 aliphatic carbocycles. The van der Waals surface area contributed by atoms with Gasteiger partial charge in [0.05, 0.1) is 12.6 Å². The molecule has 0 unspecified atom stereocenters. The highest BCUT2D eigenvalue weighted by molar-refractivity contribution is 5.87. The summed E-state index contributed by atoms with van der Waals surface area (Å²) >= 11 is 0. The summed E-state index contributed by atoms with van der Waals surface area (Å²) in [6, 6.07) is 8.95. The number of carbonyl (C=O) groups is 2. The van der Waals surface area contributed by atoms with Gasteiger partial charge in [0, 0.05) is 6.04 Å². The predicted molar refractivity (Wildman–Crippen MR) is 74.4 cm³/mol. The quantitative estimate of drug-likeness (QED) is 0.685. The summed E-state index contributed by atoms with van der Waals surface area (Å²) in [4.78, 5) is 23.1. The highest BCUT2D eigenvalue weighted by atomic mass is 16.2. The summed E-state index contributed by atoms with van der Waals surface area (Å²) in [5, 5.41) is 5.22. The van der Waals surface area contributed by atoms with Crippen molar-refractivity contribution in [2.45, 2.75) is 32.4 Å². The minimum absolute atomic E-state index is 0.0422. The van der Waals surface area contributed by atoms with Crippen molar-refractivity contribution in [1.82, 2.24) is 10.6 Å². The van der Waals surface area contributed by atoms with Crippen LogP contribution in [-0.4, -0.2) is 30.4 Å². The van der Waals surface area contributed by atoms with Crippen LogP contribution in [0.4, 0.5) is 0 Å². The lowest BCUT2D eigenvalue weighted by Gasteiger charge is -2.13. The Labute approximate surface area is 113 Å². The molecule has 2 amide bonds. The highest BCUT2D eigenvalue weighted by Gasteiger charge is 2.14. The van der Waals surface area contributed by atoms with E-state index in [-0.39, 0.29) is 24.4 Å². The molecule has 0 heterocycles. The Morgan fingerprint density at radius 1 is 1.21 bits per heavy atom. The second kappa shape index (κ2) is 7.53. The van der Waals surface area contributed by atoms with Gasteiger partial charge in [0.1, 0.15) is 0 Å². The van der Waals surface area contributed by atoms with Gasteiger partial charge >= 0.3 is 0 Å². The fraction of sp³-hybridized carbons (Fsp3) is 0.429. The summed E-state index contributed by atoms with van der Waals surface area (Å²) < 4.78 is 0. The Kier molecular flexibility index (Phi) is 6.02. The molecule has 1 aromatic carbocycles. The van der Waals surface area contributed by atoms with Gasteiger partial charge in [-0.05, 0) is 25.8 Å². The van der Waals surface area contributed by atoms with Crippen LogP contribution >= 0.6 is 0 Å². The van der Waals surface area contributed by atoms with E-state index in [2.05, 4.69) is 10.6 Å². The molecule has 0 bridgehead atoms. The van der Waals surface area contributed by atoms with Crippen molar-refractivity contribution in [1.29, 1.82) is 0 Å². The Bertz CT molecular complexity index is 418. The molecule has 0 aliphatic heterocycles. The first-order valence-corrected chi connectivity index (χ1v) is 6.35. The molecule has 0 fully saturated rings. The minimum Gasteiger partial charge on any atom is -0.352 e. The molecule has 104 valence electrons. The molecule has 5 nitrogen and oxygen atoms in total. The van der Waals surface area contributed by atoms with Gasteiger partial charge in [0.25, 0.3) is 0 Å². The number of amides is 2. The van der Waals surface area contributed by atoms with Crippen molar-refractivity contribution in [3.05, 3.63) is 35.9 Å². The van der Waals surface area contributed by atoms with Gasteiger partial charge in [-0.2, -0.15) is 0 Å². The smallest absolute Gasteiger partial charge is 0.239 e. The third-order valence-corrected chi connectivity index (χ3v) is 2.51.